The maximum absolute atomic E-state index is 14.0. The molecule has 1 heterocycles. The molecule has 1 aliphatic heterocycles. The van der Waals surface area contributed by atoms with Crippen LogP contribution in [-0.4, -0.2) is 38.4 Å². The van der Waals surface area contributed by atoms with Crippen molar-refractivity contribution in [3.8, 4) is 6.07 Å². The summed E-state index contributed by atoms with van der Waals surface area (Å²) in [6.45, 7) is 1.55. The smallest absolute Gasteiger partial charge is 0.385 e. The van der Waals surface area contributed by atoms with E-state index in [9.17, 15) is 31.2 Å². The minimum Gasteiger partial charge on any atom is -0.385 e. The van der Waals surface area contributed by atoms with Gasteiger partial charge in [0.1, 0.15) is 11.1 Å². The van der Waals surface area contributed by atoms with Crippen molar-refractivity contribution >= 4 is 32.5 Å². The fraction of sp³-hybridized carbons (Fsp3) is 0.368. The Morgan fingerprint density at radius 2 is 1.90 bits per heavy atom. The van der Waals surface area contributed by atoms with Gasteiger partial charge in [0.05, 0.1) is 5.57 Å². The lowest BCUT2D eigenvalue weighted by Crippen LogP contribution is -2.47. The zero-order chi connectivity index (χ0) is 23.3. The summed E-state index contributed by atoms with van der Waals surface area (Å²) >= 11 is 0.780. The van der Waals surface area contributed by atoms with Gasteiger partial charge in [-0.1, -0.05) is 41.2 Å². The third-order valence-corrected chi connectivity index (χ3v) is 6.35. The Kier molecular flexibility index (Phi) is 7.91. The number of methoxy groups -OCH3 is 1. The van der Waals surface area contributed by atoms with Gasteiger partial charge in [-0.3, -0.25) is 4.28 Å². The van der Waals surface area contributed by atoms with Crippen molar-refractivity contribution in [1.82, 2.24) is 0 Å². The van der Waals surface area contributed by atoms with Crippen LogP contribution in [0.25, 0.3) is 5.57 Å². The molecule has 0 atom stereocenters. The van der Waals surface area contributed by atoms with Crippen molar-refractivity contribution in [2.24, 2.45) is 5.16 Å². The van der Waals surface area contributed by atoms with Crippen LogP contribution in [0, 0.1) is 18.3 Å². The summed E-state index contributed by atoms with van der Waals surface area (Å²) in [7, 11) is -4.89. The summed E-state index contributed by atoms with van der Waals surface area (Å²) in [4.78, 5) is 0.369. The van der Waals surface area contributed by atoms with E-state index in [1.54, 1.807) is 31.2 Å². The molecule has 0 saturated carbocycles. The highest BCUT2D eigenvalue weighted by molar-refractivity contribution is 8.18. The number of nitriles is 1. The summed E-state index contributed by atoms with van der Waals surface area (Å²) in [5.41, 5.74) is 1.68. The number of oxime groups is 1. The predicted octanol–water partition coefficient (Wildman–Crippen LogP) is 4.85. The molecule has 0 saturated heterocycles. The van der Waals surface area contributed by atoms with Gasteiger partial charge < -0.3 is 4.74 Å². The Bertz CT molecular complexity index is 1060. The van der Waals surface area contributed by atoms with Crippen LogP contribution in [0.1, 0.15) is 24.0 Å². The third kappa shape index (κ3) is 5.47. The van der Waals surface area contributed by atoms with Crippen molar-refractivity contribution in [3.05, 3.63) is 52.4 Å². The lowest BCUT2D eigenvalue weighted by atomic mass is 10.0. The van der Waals surface area contributed by atoms with Crippen molar-refractivity contribution in [1.29, 1.82) is 5.26 Å². The van der Waals surface area contributed by atoms with E-state index in [0.717, 1.165) is 17.3 Å². The van der Waals surface area contributed by atoms with Crippen LogP contribution in [0.4, 0.5) is 17.6 Å². The van der Waals surface area contributed by atoms with Crippen LogP contribution in [-0.2, 0) is 19.1 Å². The second-order valence-corrected chi connectivity index (χ2v) is 9.01. The minimum atomic E-state index is -6.08. The van der Waals surface area contributed by atoms with E-state index in [1.807, 2.05) is 6.07 Å². The molecular formula is C19H18F4N2O4S2. The van der Waals surface area contributed by atoms with Gasteiger partial charge in [0.2, 0.25) is 0 Å². The van der Waals surface area contributed by atoms with Gasteiger partial charge in [0, 0.05) is 25.0 Å². The number of benzene rings is 1. The molecule has 12 heteroatoms. The first-order valence-electron chi connectivity index (χ1n) is 8.79. The standard InChI is InChI=1S/C19H18F4N2O4S2/c1-13-6-3-4-7-14(13)15(12-24)16-8-9-17(30-16)25-29-31(26,27)19(22,23)18(20,21)10-5-11-28-2/h3-4,6-9H,5,10-11H2,1-2H3/b16-15-,25-17?. The Balaban J connectivity index is 2.20. The summed E-state index contributed by atoms with van der Waals surface area (Å²) in [5.74, 6) is -4.88. The maximum atomic E-state index is 14.0. The van der Waals surface area contributed by atoms with Crippen molar-refractivity contribution in [2.75, 3.05) is 13.7 Å². The average molecular weight is 478 g/mol. The zero-order valence-corrected chi connectivity index (χ0v) is 18.1. The molecule has 0 fully saturated rings. The molecule has 0 unspecified atom stereocenters. The van der Waals surface area contributed by atoms with E-state index in [0.29, 0.717) is 10.5 Å². The number of alkyl halides is 4. The second kappa shape index (κ2) is 9.84. The van der Waals surface area contributed by atoms with Crippen molar-refractivity contribution in [2.45, 2.75) is 30.9 Å². The molecule has 1 aliphatic rings. The molecule has 6 nitrogen and oxygen atoms in total. The maximum Gasteiger partial charge on any atom is 0.444 e. The van der Waals surface area contributed by atoms with Gasteiger partial charge in [-0.25, -0.2) is 0 Å². The molecule has 168 valence electrons. The van der Waals surface area contributed by atoms with E-state index in [1.165, 1.54) is 19.3 Å². The molecule has 0 N–H and O–H groups in total. The van der Waals surface area contributed by atoms with Gasteiger partial charge in [-0.05, 0) is 36.6 Å². The van der Waals surface area contributed by atoms with E-state index in [2.05, 4.69) is 14.2 Å². The molecule has 31 heavy (non-hydrogen) atoms. The minimum absolute atomic E-state index is 0.196. The third-order valence-electron chi connectivity index (χ3n) is 4.17. The number of aryl methyl sites for hydroxylation is 1. The largest absolute Gasteiger partial charge is 0.444 e. The number of hydrogen-bond acceptors (Lipinski definition) is 7. The molecule has 1 aromatic rings. The van der Waals surface area contributed by atoms with E-state index in [-0.39, 0.29) is 17.2 Å². The normalized spacial score (nSPS) is 17.6. The fourth-order valence-corrected chi connectivity index (χ4v) is 4.13. The molecule has 0 amide bonds. The first-order valence-corrected chi connectivity index (χ1v) is 11.0. The number of rotatable bonds is 9. The van der Waals surface area contributed by atoms with E-state index < -0.39 is 34.1 Å². The van der Waals surface area contributed by atoms with Crippen LogP contribution in [0.15, 0.2) is 46.5 Å². The Morgan fingerprint density at radius 3 is 2.52 bits per heavy atom. The molecule has 0 aliphatic carbocycles. The Labute approximate surface area is 181 Å². The van der Waals surface area contributed by atoms with Crippen molar-refractivity contribution in [3.63, 3.8) is 0 Å². The molecule has 2 rings (SSSR count). The topological polar surface area (TPSA) is 88.8 Å². The van der Waals surface area contributed by atoms with Gasteiger partial charge in [-0.15, -0.1) is 0 Å². The first-order chi connectivity index (χ1) is 14.5. The number of nitrogens with zero attached hydrogens (tertiary/aromatic N) is 2. The van der Waals surface area contributed by atoms with Gasteiger partial charge >= 0.3 is 21.3 Å². The van der Waals surface area contributed by atoms with Crippen LogP contribution < -0.4 is 0 Å². The van der Waals surface area contributed by atoms with Crippen LogP contribution >= 0.6 is 11.8 Å². The van der Waals surface area contributed by atoms with Gasteiger partial charge in [-0.2, -0.15) is 31.2 Å². The highest BCUT2D eigenvalue weighted by atomic mass is 32.2. The number of allylic oxidation sites excluding steroid dienone is 2. The average Bonchev–Trinajstić information content (AvgIpc) is 3.17. The summed E-state index contributed by atoms with van der Waals surface area (Å²) in [6, 6.07) is 9.03. The van der Waals surface area contributed by atoms with Crippen LogP contribution in [0.2, 0.25) is 0 Å². The molecule has 0 aromatic heterocycles. The van der Waals surface area contributed by atoms with Crippen LogP contribution in [0.5, 0.6) is 0 Å². The Morgan fingerprint density at radius 1 is 1.23 bits per heavy atom. The van der Waals surface area contributed by atoms with E-state index in [4.69, 9.17) is 0 Å². The SMILES string of the molecule is COCCCC(F)(F)C(F)(F)S(=O)(=O)ON=C1C=C/C(=C(\C#N)c2ccccc2C)S1. The van der Waals surface area contributed by atoms with Crippen molar-refractivity contribution < 1.29 is 35.0 Å². The molecular weight excluding hydrogens is 460 g/mol. The van der Waals surface area contributed by atoms with Crippen LogP contribution in [0.3, 0.4) is 0 Å². The molecule has 1 aromatic carbocycles. The molecule has 0 spiro atoms. The summed E-state index contributed by atoms with van der Waals surface area (Å²) in [6.07, 6.45) is 0.740. The second-order valence-electron chi connectivity index (χ2n) is 6.38. The summed E-state index contributed by atoms with van der Waals surface area (Å²) in [5, 5.41) is 6.87. The quantitative estimate of drug-likeness (QED) is 0.218. The predicted molar refractivity (Wildman–Crippen MR) is 109 cm³/mol. The van der Waals surface area contributed by atoms with Gasteiger partial charge in [0.25, 0.3) is 0 Å². The lowest BCUT2D eigenvalue weighted by Gasteiger charge is -2.24. The van der Waals surface area contributed by atoms with E-state index >= 15 is 0 Å². The highest BCUT2D eigenvalue weighted by Gasteiger charge is 2.67. The highest BCUT2D eigenvalue weighted by Crippen LogP contribution is 2.43. The Hall–Kier alpha value is -2.36. The first kappa shape index (κ1) is 24.9. The summed E-state index contributed by atoms with van der Waals surface area (Å²) < 4.78 is 87.3. The lowest BCUT2D eigenvalue weighted by molar-refractivity contribution is -0.166. The molecule has 0 bridgehead atoms. The number of ether oxygens (including phenoxy) is 1. The van der Waals surface area contributed by atoms with Gasteiger partial charge in [0.15, 0.2) is 0 Å². The fourth-order valence-electron chi connectivity index (χ4n) is 2.51. The molecule has 0 radical (unpaired) electrons. The zero-order valence-electron chi connectivity index (χ0n) is 16.4. The number of thioether (sulfide) groups is 1. The number of halogens is 4. The monoisotopic (exact) mass is 478 g/mol. The number of hydrogen-bond donors (Lipinski definition) is 0.